The van der Waals surface area contributed by atoms with E-state index in [0.717, 1.165) is 44.3 Å². The number of hydrogen-bond acceptors (Lipinski definition) is 1. The molecule has 0 aliphatic heterocycles. The first-order chi connectivity index (χ1) is 22.4. The molecule has 0 bridgehead atoms. The second kappa shape index (κ2) is 9.22. The van der Waals surface area contributed by atoms with Crippen molar-refractivity contribution in [2.24, 2.45) is 0 Å². The van der Waals surface area contributed by atoms with Gasteiger partial charge in [-0.05, 0) is 53.6 Å². The standard InChI is InChI=1S/C42H26N2O/c1-3-13-27(14-4-1)28-23-25-30(26-24-28)44-35-21-11-8-18-32(35)39-41(44)40-37(38-33-19-9-12-22-36(33)45-42(38)39)31-17-7-10-20-34(31)43(40)29-15-5-2-6-16-29/h1-26H. The Labute approximate surface area is 258 Å². The minimum Gasteiger partial charge on any atom is -0.455 e. The molecule has 0 N–H and O–H groups in total. The molecule has 0 aliphatic carbocycles. The number of nitrogens with zero attached hydrogens (tertiary/aromatic N) is 2. The van der Waals surface area contributed by atoms with E-state index in [0.29, 0.717) is 0 Å². The van der Waals surface area contributed by atoms with Crippen molar-refractivity contribution in [2.45, 2.75) is 0 Å². The van der Waals surface area contributed by atoms with E-state index in [9.17, 15) is 0 Å². The van der Waals surface area contributed by atoms with Crippen molar-refractivity contribution in [2.75, 3.05) is 0 Å². The predicted molar refractivity (Wildman–Crippen MR) is 188 cm³/mol. The number of hydrogen-bond donors (Lipinski definition) is 0. The molecule has 10 aromatic rings. The normalized spacial score (nSPS) is 12.0. The zero-order chi connectivity index (χ0) is 29.5. The van der Waals surface area contributed by atoms with Crippen LogP contribution in [0.2, 0.25) is 0 Å². The fourth-order valence-electron chi connectivity index (χ4n) is 7.43. The van der Waals surface area contributed by atoms with Crippen molar-refractivity contribution in [3.05, 3.63) is 158 Å². The molecule has 0 aliphatic rings. The number of fused-ring (bicyclic) bond motifs is 12. The molecular formula is C42H26N2O. The minimum absolute atomic E-state index is 0.905. The van der Waals surface area contributed by atoms with Gasteiger partial charge in [-0.2, -0.15) is 0 Å². The van der Waals surface area contributed by atoms with Crippen molar-refractivity contribution < 1.29 is 4.42 Å². The lowest BCUT2D eigenvalue weighted by atomic mass is 10.0. The maximum Gasteiger partial charge on any atom is 0.146 e. The number of aromatic nitrogens is 2. The van der Waals surface area contributed by atoms with Crippen LogP contribution in [-0.4, -0.2) is 9.13 Å². The highest BCUT2D eigenvalue weighted by molar-refractivity contribution is 6.39. The van der Waals surface area contributed by atoms with Gasteiger partial charge in [0.15, 0.2) is 0 Å². The Bertz CT molecular complexity index is 2730. The Morgan fingerprint density at radius 3 is 1.53 bits per heavy atom. The molecule has 10 rings (SSSR count). The second-order valence-electron chi connectivity index (χ2n) is 11.7. The van der Waals surface area contributed by atoms with Crippen LogP contribution in [-0.2, 0) is 0 Å². The van der Waals surface area contributed by atoms with E-state index in [-0.39, 0.29) is 0 Å². The molecule has 3 heteroatoms. The first kappa shape index (κ1) is 24.4. The van der Waals surface area contributed by atoms with Gasteiger partial charge in [0, 0.05) is 38.3 Å². The fourth-order valence-corrected chi connectivity index (χ4v) is 7.43. The van der Waals surface area contributed by atoms with E-state index in [1.54, 1.807) is 0 Å². The first-order valence-corrected chi connectivity index (χ1v) is 15.4. The van der Waals surface area contributed by atoms with Crippen LogP contribution in [0.1, 0.15) is 0 Å². The first-order valence-electron chi connectivity index (χ1n) is 15.4. The quantitative estimate of drug-likeness (QED) is 0.206. The second-order valence-corrected chi connectivity index (χ2v) is 11.7. The third-order valence-electron chi connectivity index (χ3n) is 9.29. The number of benzene rings is 7. The summed E-state index contributed by atoms with van der Waals surface area (Å²) in [6.07, 6.45) is 0. The molecule has 3 aromatic heterocycles. The molecule has 0 saturated carbocycles. The monoisotopic (exact) mass is 574 g/mol. The van der Waals surface area contributed by atoms with Crippen LogP contribution in [0.4, 0.5) is 0 Å². The summed E-state index contributed by atoms with van der Waals surface area (Å²) in [5.74, 6) is 0. The highest BCUT2D eigenvalue weighted by Gasteiger charge is 2.27. The van der Waals surface area contributed by atoms with E-state index in [1.807, 2.05) is 0 Å². The van der Waals surface area contributed by atoms with Crippen LogP contribution >= 0.6 is 0 Å². The lowest BCUT2D eigenvalue weighted by Crippen LogP contribution is -1.98. The van der Waals surface area contributed by atoms with Gasteiger partial charge in [-0.25, -0.2) is 0 Å². The van der Waals surface area contributed by atoms with Gasteiger partial charge < -0.3 is 13.6 Å². The summed E-state index contributed by atoms with van der Waals surface area (Å²) in [5.41, 5.74) is 11.1. The summed E-state index contributed by atoms with van der Waals surface area (Å²) in [7, 11) is 0. The smallest absolute Gasteiger partial charge is 0.146 e. The van der Waals surface area contributed by atoms with Crippen LogP contribution < -0.4 is 0 Å². The summed E-state index contributed by atoms with van der Waals surface area (Å²) in [5, 5.41) is 7.05. The Kier molecular flexibility index (Phi) is 5.00. The number of furan rings is 1. The molecule has 0 amide bonds. The molecule has 3 heterocycles. The molecule has 210 valence electrons. The van der Waals surface area contributed by atoms with Crippen LogP contribution in [0.15, 0.2) is 162 Å². The molecule has 0 unspecified atom stereocenters. The lowest BCUT2D eigenvalue weighted by Gasteiger charge is -2.13. The van der Waals surface area contributed by atoms with Crippen LogP contribution in [0.25, 0.3) is 88.1 Å². The van der Waals surface area contributed by atoms with Gasteiger partial charge in [-0.3, -0.25) is 0 Å². The number of para-hydroxylation sites is 4. The molecule has 0 fully saturated rings. The average molecular weight is 575 g/mol. The lowest BCUT2D eigenvalue weighted by molar-refractivity contribution is 0.673. The van der Waals surface area contributed by atoms with E-state index in [2.05, 4.69) is 167 Å². The zero-order valence-corrected chi connectivity index (χ0v) is 24.3. The van der Waals surface area contributed by atoms with E-state index < -0.39 is 0 Å². The molecule has 0 saturated heterocycles. The van der Waals surface area contributed by atoms with E-state index >= 15 is 0 Å². The van der Waals surface area contributed by atoms with Crippen LogP contribution in [0.5, 0.6) is 0 Å². The third-order valence-corrected chi connectivity index (χ3v) is 9.29. The summed E-state index contributed by atoms with van der Waals surface area (Å²) >= 11 is 0. The molecule has 0 atom stereocenters. The van der Waals surface area contributed by atoms with Crippen molar-refractivity contribution in [3.8, 4) is 22.5 Å². The maximum atomic E-state index is 6.85. The highest BCUT2D eigenvalue weighted by atomic mass is 16.3. The SMILES string of the molecule is c1ccc(-c2ccc(-n3c4ccccc4c4c5oc6ccccc6c5c5c6ccccc6n(-c6ccccc6)c5c43)cc2)cc1. The van der Waals surface area contributed by atoms with Gasteiger partial charge in [0.2, 0.25) is 0 Å². The van der Waals surface area contributed by atoms with Gasteiger partial charge in [-0.1, -0.05) is 115 Å². The van der Waals surface area contributed by atoms with Gasteiger partial charge in [-0.15, -0.1) is 0 Å². The fraction of sp³-hybridized carbons (Fsp3) is 0. The number of rotatable bonds is 3. The molecule has 0 radical (unpaired) electrons. The Balaban J connectivity index is 1.47. The molecule has 45 heavy (non-hydrogen) atoms. The van der Waals surface area contributed by atoms with Gasteiger partial charge in [0.05, 0.1) is 27.5 Å². The molecule has 7 aromatic carbocycles. The molecule has 0 spiro atoms. The largest absolute Gasteiger partial charge is 0.455 e. The maximum absolute atomic E-state index is 6.85. The van der Waals surface area contributed by atoms with Gasteiger partial charge in [0.25, 0.3) is 0 Å². The minimum atomic E-state index is 0.905. The van der Waals surface area contributed by atoms with E-state index in [4.69, 9.17) is 4.42 Å². The summed E-state index contributed by atoms with van der Waals surface area (Å²) in [6, 6.07) is 56.2. The zero-order valence-electron chi connectivity index (χ0n) is 24.3. The van der Waals surface area contributed by atoms with Crippen molar-refractivity contribution >= 4 is 65.6 Å². The third kappa shape index (κ3) is 3.35. The Hall–Kier alpha value is -6.06. The molecular weight excluding hydrogens is 548 g/mol. The van der Waals surface area contributed by atoms with Crippen LogP contribution in [0.3, 0.4) is 0 Å². The summed E-state index contributed by atoms with van der Waals surface area (Å²) in [6.45, 7) is 0. The van der Waals surface area contributed by atoms with Crippen molar-refractivity contribution in [1.82, 2.24) is 9.13 Å². The van der Waals surface area contributed by atoms with E-state index in [1.165, 1.54) is 43.7 Å². The van der Waals surface area contributed by atoms with Crippen molar-refractivity contribution in [3.63, 3.8) is 0 Å². The summed E-state index contributed by atoms with van der Waals surface area (Å²) < 4.78 is 11.7. The predicted octanol–water partition coefficient (Wildman–Crippen LogP) is 11.4. The summed E-state index contributed by atoms with van der Waals surface area (Å²) in [4.78, 5) is 0. The van der Waals surface area contributed by atoms with Crippen LogP contribution in [0, 0.1) is 0 Å². The average Bonchev–Trinajstić information content (AvgIpc) is 3.77. The molecule has 3 nitrogen and oxygen atoms in total. The van der Waals surface area contributed by atoms with Gasteiger partial charge >= 0.3 is 0 Å². The highest BCUT2D eigenvalue weighted by Crippen LogP contribution is 2.49. The Morgan fingerprint density at radius 2 is 0.844 bits per heavy atom. The van der Waals surface area contributed by atoms with Gasteiger partial charge in [0.1, 0.15) is 11.2 Å². The van der Waals surface area contributed by atoms with Crippen molar-refractivity contribution in [1.29, 1.82) is 0 Å². The Morgan fingerprint density at radius 1 is 0.356 bits per heavy atom. The topological polar surface area (TPSA) is 23.0 Å².